The first-order valence-electron chi connectivity index (χ1n) is 4.77. The van der Waals surface area contributed by atoms with Gasteiger partial charge in [0.25, 0.3) is 5.69 Å². The van der Waals surface area contributed by atoms with Crippen molar-refractivity contribution in [1.82, 2.24) is 0 Å². The zero-order valence-corrected chi connectivity index (χ0v) is 13.1. The maximum Gasteiger partial charge on any atom is 0.339 e. The van der Waals surface area contributed by atoms with Gasteiger partial charge < -0.3 is 4.74 Å². The van der Waals surface area contributed by atoms with Crippen LogP contribution >= 0.6 is 38.5 Å². The average molecular weight is 437 g/mol. The zero-order valence-electron chi connectivity index (χ0n) is 9.35. The van der Waals surface area contributed by atoms with Gasteiger partial charge in [-0.05, 0) is 38.5 Å². The number of ether oxygens (including phenoxy) is 1. The van der Waals surface area contributed by atoms with E-state index in [4.69, 9.17) is 10.00 Å². The number of nitro benzene ring substituents is 1. The van der Waals surface area contributed by atoms with Gasteiger partial charge in [-0.2, -0.15) is 5.26 Å². The lowest BCUT2D eigenvalue weighted by Gasteiger charge is -2.08. The van der Waals surface area contributed by atoms with Gasteiger partial charge in [-0.3, -0.25) is 10.1 Å². The Morgan fingerprint density at radius 3 is 2.74 bits per heavy atom. The molecule has 98 valence electrons. The lowest BCUT2D eigenvalue weighted by Crippen LogP contribution is -2.11. The van der Waals surface area contributed by atoms with E-state index in [1.165, 1.54) is 12.1 Å². The van der Waals surface area contributed by atoms with Crippen LogP contribution in [-0.2, 0) is 4.79 Å². The summed E-state index contributed by atoms with van der Waals surface area (Å²) in [6, 6.07) is 4.30. The highest BCUT2D eigenvalue weighted by atomic mass is 127. The Bertz CT molecular complexity index is 586. The topological polar surface area (TPSA) is 93.2 Å². The lowest BCUT2D eigenvalue weighted by molar-refractivity contribution is -0.385. The quantitative estimate of drug-likeness (QED) is 0.180. The molecule has 0 unspecified atom stereocenters. The number of rotatable bonds is 4. The van der Waals surface area contributed by atoms with E-state index in [1.807, 2.05) is 22.6 Å². The molecule has 1 aromatic rings. The summed E-state index contributed by atoms with van der Waals surface area (Å²) < 4.78 is 5.74. The number of nitrogens with zero attached hydrogens (tertiary/aromatic N) is 2. The molecule has 0 aromatic heterocycles. The maximum atomic E-state index is 11.6. The molecule has 0 heterocycles. The van der Waals surface area contributed by atoms with Crippen molar-refractivity contribution < 1.29 is 14.5 Å². The predicted octanol–water partition coefficient (Wildman–Crippen LogP) is 3.34. The number of nitro groups is 1. The molecular formula is C11H6BrIN2O4. The number of carbonyl (C=O) groups excluding carboxylic acids is 1. The van der Waals surface area contributed by atoms with Crippen LogP contribution in [0, 0.1) is 25.0 Å². The summed E-state index contributed by atoms with van der Waals surface area (Å²) >= 11 is 4.92. The molecule has 0 atom stereocenters. The van der Waals surface area contributed by atoms with E-state index in [0.717, 1.165) is 0 Å². The number of benzene rings is 1. The number of halogens is 2. The van der Waals surface area contributed by atoms with Gasteiger partial charge in [0, 0.05) is 17.7 Å². The van der Waals surface area contributed by atoms with Crippen LogP contribution in [-0.4, -0.2) is 10.9 Å². The third kappa shape index (κ3) is 4.00. The average Bonchev–Trinajstić information content (AvgIpc) is 2.33. The third-order valence-corrected chi connectivity index (χ3v) is 3.36. The molecule has 0 fully saturated rings. The van der Waals surface area contributed by atoms with Gasteiger partial charge in [-0.15, -0.1) is 0 Å². The second-order valence-electron chi connectivity index (χ2n) is 3.32. The number of hydrogen-bond acceptors (Lipinski definition) is 5. The van der Waals surface area contributed by atoms with E-state index in [-0.39, 0.29) is 27.9 Å². The molecule has 1 rings (SSSR count). The Morgan fingerprint density at radius 2 is 2.26 bits per heavy atom. The third-order valence-electron chi connectivity index (χ3n) is 1.97. The highest BCUT2D eigenvalue weighted by Gasteiger charge is 2.18. The molecule has 0 saturated heterocycles. The van der Waals surface area contributed by atoms with Crippen molar-refractivity contribution in [3.8, 4) is 11.8 Å². The van der Waals surface area contributed by atoms with E-state index in [9.17, 15) is 14.9 Å². The highest BCUT2D eigenvalue weighted by molar-refractivity contribution is 14.1. The Balaban J connectivity index is 3.04. The Hall–Kier alpha value is -1.47. The predicted molar refractivity (Wildman–Crippen MR) is 78.5 cm³/mol. The molecular weight excluding hydrogens is 431 g/mol. The fourth-order valence-corrected chi connectivity index (χ4v) is 2.70. The SMILES string of the molecule is C=C(CC#N)C(=O)Oc1c(Br)cc([N+](=O)[O-])cc1I. The fourth-order valence-electron chi connectivity index (χ4n) is 1.08. The number of non-ortho nitro benzene ring substituents is 1. The number of carbonyl (C=O) groups is 1. The molecule has 1 aromatic carbocycles. The summed E-state index contributed by atoms with van der Waals surface area (Å²) in [6.07, 6.45) is -0.139. The van der Waals surface area contributed by atoms with Crippen molar-refractivity contribution >= 4 is 50.2 Å². The first-order chi connectivity index (χ1) is 8.86. The van der Waals surface area contributed by atoms with Crippen molar-refractivity contribution in [3.05, 3.63) is 42.4 Å². The van der Waals surface area contributed by atoms with Crippen molar-refractivity contribution in [2.75, 3.05) is 0 Å². The van der Waals surface area contributed by atoms with E-state index in [0.29, 0.717) is 3.57 Å². The van der Waals surface area contributed by atoms with E-state index in [2.05, 4.69) is 22.5 Å². The number of hydrogen-bond donors (Lipinski definition) is 0. The molecule has 19 heavy (non-hydrogen) atoms. The highest BCUT2D eigenvalue weighted by Crippen LogP contribution is 2.35. The standard InChI is InChI=1S/C11H6BrIN2O4/c1-6(2-3-14)11(16)19-10-8(12)4-7(15(17)18)5-9(10)13/h4-5H,1-2H2. The van der Waals surface area contributed by atoms with Crippen molar-refractivity contribution in [2.45, 2.75) is 6.42 Å². The van der Waals surface area contributed by atoms with Crippen LogP contribution < -0.4 is 4.74 Å². The monoisotopic (exact) mass is 436 g/mol. The molecule has 0 amide bonds. The minimum atomic E-state index is -0.742. The Labute approximate surface area is 130 Å². The van der Waals surface area contributed by atoms with Crippen molar-refractivity contribution in [1.29, 1.82) is 5.26 Å². The number of nitriles is 1. The van der Waals surface area contributed by atoms with E-state index in [1.54, 1.807) is 6.07 Å². The van der Waals surface area contributed by atoms with Gasteiger partial charge in [0.05, 0.1) is 25.5 Å². The molecule has 0 saturated carbocycles. The first kappa shape index (κ1) is 15.6. The minimum absolute atomic E-state index is 0.0172. The van der Waals surface area contributed by atoms with Crippen LogP contribution in [0.15, 0.2) is 28.8 Å². The molecule has 0 spiro atoms. The summed E-state index contributed by atoms with van der Waals surface area (Å²) in [5.41, 5.74) is -0.101. The number of esters is 1. The smallest absolute Gasteiger partial charge is 0.339 e. The van der Waals surface area contributed by atoms with E-state index >= 15 is 0 Å². The van der Waals surface area contributed by atoms with Gasteiger partial charge in [-0.1, -0.05) is 6.58 Å². The summed E-state index contributed by atoms with van der Waals surface area (Å²) in [4.78, 5) is 21.7. The van der Waals surface area contributed by atoms with Crippen molar-refractivity contribution in [3.63, 3.8) is 0 Å². The summed E-state index contributed by atoms with van der Waals surface area (Å²) in [5, 5.41) is 19.1. The molecule has 6 nitrogen and oxygen atoms in total. The second-order valence-corrected chi connectivity index (χ2v) is 5.34. The van der Waals surface area contributed by atoms with Gasteiger partial charge in [-0.25, -0.2) is 4.79 Å². The molecule has 0 bridgehead atoms. The van der Waals surface area contributed by atoms with Gasteiger partial charge in [0.15, 0.2) is 5.75 Å². The second kappa shape index (κ2) is 6.63. The summed E-state index contributed by atoms with van der Waals surface area (Å²) in [6.45, 7) is 3.42. The Kier molecular flexibility index (Phi) is 5.44. The van der Waals surface area contributed by atoms with Crippen LogP contribution in [0.1, 0.15) is 6.42 Å². The van der Waals surface area contributed by atoms with Crippen LogP contribution in [0.3, 0.4) is 0 Å². The maximum absolute atomic E-state index is 11.6. The van der Waals surface area contributed by atoms with Crippen LogP contribution in [0.25, 0.3) is 0 Å². The van der Waals surface area contributed by atoms with Crippen LogP contribution in [0.2, 0.25) is 0 Å². The van der Waals surface area contributed by atoms with Crippen LogP contribution in [0.4, 0.5) is 5.69 Å². The van der Waals surface area contributed by atoms with Crippen LogP contribution in [0.5, 0.6) is 5.75 Å². The van der Waals surface area contributed by atoms with Gasteiger partial charge >= 0.3 is 5.97 Å². The molecule has 0 aliphatic rings. The van der Waals surface area contributed by atoms with Crippen molar-refractivity contribution in [2.24, 2.45) is 0 Å². The summed E-state index contributed by atoms with van der Waals surface area (Å²) in [5.74, 6) is -0.579. The first-order valence-corrected chi connectivity index (χ1v) is 6.64. The molecule has 0 radical (unpaired) electrons. The largest absolute Gasteiger partial charge is 0.421 e. The molecule has 0 N–H and O–H groups in total. The summed E-state index contributed by atoms with van der Waals surface area (Å²) in [7, 11) is 0. The lowest BCUT2D eigenvalue weighted by atomic mass is 10.2. The molecule has 0 aliphatic carbocycles. The Morgan fingerprint density at radius 1 is 1.63 bits per heavy atom. The normalized spacial score (nSPS) is 9.53. The minimum Gasteiger partial charge on any atom is -0.421 e. The molecule has 8 heteroatoms. The molecule has 0 aliphatic heterocycles. The van der Waals surface area contributed by atoms with Gasteiger partial charge in [0.1, 0.15) is 0 Å². The zero-order chi connectivity index (χ0) is 14.6. The van der Waals surface area contributed by atoms with Gasteiger partial charge in [0.2, 0.25) is 0 Å². The van der Waals surface area contributed by atoms with E-state index < -0.39 is 10.9 Å². The fraction of sp³-hybridized carbons (Fsp3) is 0.0909.